The van der Waals surface area contributed by atoms with Crippen LogP contribution in [0.4, 0.5) is 0 Å². The Balaban J connectivity index is 2.08. The van der Waals surface area contributed by atoms with E-state index < -0.39 is 142 Å². The maximum atomic E-state index is 14.7. The number of hydrogen-bond acceptors (Lipinski definition) is 16. The van der Waals surface area contributed by atoms with E-state index in [0.717, 1.165) is 0 Å². The molecule has 4 aliphatic carbocycles. The third kappa shape index (κ3) is 6.76. The summed E-state index contributed by atoms with van der Waals surface area (Å²) in [5.41, 5.74) is -8.70. The third-order valence-electron chi connectivity index (χ3n) is 15.7. The van der Waals surface area contributed by atoms with Gasteiger partial charge in [-0.05, 0) is 58.4 Å². The van der Waals surface area contributed by atoms with Crippen LogP contribution in [-0.4, -0.2) is 98.6 Å². The Morgan fingerprint density at radius 3 is 2.00 bits per heavy atom. The molecule has 0 aromatic rings. The Labute approximate surface area is 357 Å². The Bertz CT molecular complexity index is 1950. The number of carbonyl (C=O) groups excluding carboxylic acids is 8. The second-order valence-corrected chi connectivity index (χ2v) is 18.7. The first-order valence-corrected chi connectivity index (χ1v) is 20.8. The van der Waals surface area contributed by atoms with Crippen LogP contribution in [-0.2, 0) is 76.3 Å². The highest BCUT2D eigenvalue weighted by molar-refractivity contribution is 5.88. The Hall–Kier alpha value is -4.76. The van der Waals surface area contributed by atoms with Crippen molar-refractivity contribution in [2.75, 3.05) is 20.8 Å². The molecule has 0 radical (unpaired) electrons. The lowest BCUT2D eigenvalue weighted by Crippen LogP contribution is -2.76. The summed E-state index contributed by atoms with van der Waals surface area (Å²) in [6, 6.07) is 0. The second-order valence-electron chi connectivity index (χ2n) is 18.7. The summed E-state index contributed by atoms with van der Waals surface area (Å²) >= 11 is 0. The van der Waals surface area contributed by atoms with Gasteiger partial charge in [0.25, 0.3) is 0 Å². The van der Waals surface area contributed by atoms with Crippen LogP contribution in [0, 0.1) is 50.7 Å². The molecule has 338 valence electrons. The van der Waals surface area contributed by atoms with Gasteiger partial charge in [0.05, 0.1) is 36.4 Å². The van der Waals surface area contributed by atoms with Crippen LogP contribution >= 0.6 is 0 Å². The average Bonchev–Trinajstić information content (AvgIpc) is 3.54. The second kappa shape index (κ2) is 16.2. The maximum Gasteiger partial charge on any atom is 0.333 e. The summed E-state index contributed by atoms with van der Waals surface area (Å²) in [7, 11) is 2.43. The molecule has 0 aromatic carbocycles. The van der Waals surface area contributed by atoms with E-state index in [1.807, 2.05) is 0 Å². The minimum atomic E-state index is -1.82. The van der Waals surface area contributed by atoms with Gasteiger partial charge >= 0.3 is 47.8 Å². The summed E-state index contributed by atoms with van der Waals surface area (Å²) in [6.07, 6.45) is -2.13. The molecular weight excluding hydrogens is 796 g/mol. The van der Waals surface area contributed by atoms with Crippen molar-refractivity contribution in [1.29, 1.82) is 0 Å². The van der Waals surface area contributed by atoms with Crippen molar-refractivity contribution in [3.05, 3.63) is 23.3 Å². The fourth-order valence-electron chi connectivity index (χ4n) is 13.0. The first-order valence-electron chi connectivity index (χ1n) is 20.8. The van der Waals surface area contributed by atoms with Crippen molar-refractivity contribution in [3.8, 4) is 0 Å². The van der Waals surface area contributed by atoms with Crippen molar-refractivity contribution in [2.24, 2.45) is 50.7 Å². The Morgan fingerprint density at radius 1 is 0.869 bits per heavy atom. The van der Waals surface area contributed by atoms with Crippen molar-refractivity contribution < 1.29 is 76.3 Å². The van der Waals surface area contributed by atoms with Gasteiger partial charge in [-0.15, -0.1) is 0 Å². The number of carbonyl (C=O) groups is 8. The molecule has 5 rings (SSSR count). The minimum absolute atomic E-state index is 0.00596. The summed E-state index contributed by atoms with van der Waals surface area (Å²) in [6.45, 7) is 18.0. The molecule has 4 fully saturated rings. The summed E-state index contributed by atoms with van der Waals surface area (Å²) in [5, 5.41) is 0. The van der Waals surface area contributed by atoms with E-state index >= 15 is 0 Å². The van der Waals surface area contributed by atoms with Crippen molar-refractivity contribution in [1.82, 2.24) is 0 Å². The molecule has 1 saturated heterocycles. The van der Waals surface area contributed by atoms with Crippen LogP contribution in [0.1, 0.15) is 109 Å². The summed E-state index contributed by atoms with van der Waals surface area (Å²) in [4.78, 5) is 110. The van der Waals surface area contributed by atoms with E-state index in [4.69, 9.17) is 37.9 Å². The number of esters is 8. The predicted molar refractivity (Wildman–Crippen MR) is 212 cm³/mol. The van der Waals surface area contributed by atoms with Gasteiger partial charge < -0.3 is 37.9 Å². The molecule has 5 aliphatic rings. The molecule has 1 heterocycles. The zero-order valence-electron chi connectivity index (χ0n) is 37.8. The smallest absolute Gasteiger partial charge is 0.333 e. The van der Waals surface area contributed by atoms with E-state index in [1.165, 1.54) is 41.9 Å². The largest absolute Gasteiger partial charge is 0.469 e. The third-order valence-corrected chi connectivity index (χ3v) is 15.7. The maximum absolute atomic E-state index is 14.7. The van der Waals surface area contributed by atoms with E-state index in [9.17, 15) is 38.4 Å². The van der Waals surface area contributed by atoms with Crippen LogP contribution < -0.4 is 0 Å². The molecule has 16 heteroatoms. The molecule has 0 amide bonds. The van der Waals surface area contributed by atoms with Crippen molar-refractivity contribution in [2.45, 2.75) is 139 Å². The normalized spacial score (nSPS) is 40.2. The molecule has 0 N–H and O–H groups in total. The molecule has 0 aromatic heterocycles. The van der Waals surface area contributed by atoms with Crippen LogP contribution in [0.3, 0.4) is 0 Å². The average molecular weight is 859 g/mol. The molecule has 0 unspecified atom stereocenters. The topological polar surface area (TPSA) is 210 Å². The first-order chi connectivity index (χ1) is 28.2. The monoisotopic (exact) mass is 858 g/mol. The predicted octanol–water partition coefficient (Wildman–Crippen LogP) is 4.92. The number of ether oxygens (including phenoxy) is 8. The van der Waals surface area contributed by atoms with Crippen LogP contribution in [0.25, 0.3) is 0 Å². The minimum Gasteiger partial charge on any atom is -0.469 e. The zero-order chi connectivity index (χ0) is 46.0. The summed E-state index contributed by atoms with van der Waals surface area (Å²) in [5.74, 6) is -9.75. The van der Waals surface area contributed by atoms with E-state index in [1.54, 1.807) is 67.5 Å². The molecular formula is C45H62O16. The highest BCUT2D eigenvalue weighted by Crippen LogP contribution is 2.82. The standard InChI is InChI=1S/C45H62O16/c1-15-22(2)37(51)60-30-18-41(11,25(5)38(52)55-14)31(17-34(50)54-13)43(21-56-26(6)46)35(30)45(24(4)36(43)59-29(9)49)23(3)16-32(57-27(7)47)42(12)33(58-28(8)48)19-40(10)20-44(42,45)61-39(40)53/h15-16,24-25,30-33,35-36H,17-21H2,1-14H3/t24-,25-,30+,31+,32-,33-,35-,36-,40+,41+,42-,43-,44+,45-/m0/s1. The molecule has 2 bridgehead atoms. The lowest BCUT2D eigenvalue weighted by molar-refractivity contribution is -0.283. The summed E-state index contributed by atoms with van der Waals surface area (Å²) < 4.78 is 49.0. The Morgan fingerprint density at radius 2 is 1.48 bits per heavy atom. The van der Waals surface area contributed by atoms with Gasteiger partial charge in [-0.3, -0.25) is 33.6 Å². The number of allylic oxidation sites excluding steroid dienone is 1. The molecule has 14 atom stereocenters. The van der Waals surface area contributed by atoms with Crippen molar-refractivity contribution in [3.63, 3.8) is 0 Å². The number of fused-ring (bicyclic) bond motifs is 3. The van der Waals surface area contributed by atoms with Crippen molar-refractivity contribution >= 4 is 47.8 Å². The SMILES string of the molecule is CC=C(C)C(=O)O[C@@H]1C[C@](C)([C@@H](C)C(=O)OC)[C@@H](CC(=O)OC)[C@]2(COC(C)=O)[C@@H](OC(C)=O)[C@H](C)[C@@]3(C(C)=C[C@H](OC(C)=O)[C@@]4(C)[C@@H](OC(C)=O)C[C@]5(C)C[C@@]43OC5=O)[C@@H]12. The quantitative estimate of drug-likeness (QED) is 0.117. The number of methoxy groups -OCH3 is 2. The molecule has 1 aliphatic heterocycles. The van der Waals surface area contributed by atoms with Crippen LogP contribution in [0.5, 0.6) is 0 Å². The van der Waals surface area contributed by atoms with Gasteiger partial charge in [0.1, 0.15) is 36.6 Å². The van der Waals surface area contributed by atoms with Gasteiger partial charge in [0.2, 0.25) is 0 Å². The van der Waals surface area contributed by atoms with Crippen LogP contribution in [0.2, 0.25) is 0 Å². The van der Waals surface area contributed by atoms with Gasteiger partial charge in [-0.25, -0.2) is 4.79 Å². The molecule has 16 nitrogen and oxygen atoms in total. The molecule has 61 heavy (non-hydrogen) atoms. The van der Waals surface area contributed by atoms with E-state index in [-0.39, 0.29) is 24.8 Å². The van der Waals surface area contributed by atoms with Gasteiger partial charge in [0, 0.05) is 69.8 Å². The number of rotatable bonds is 11. The zero-order valence-corrected chi connectivity index (χ0v) is 37.8. The van der Waals surface area contributed by atoms with Gasteiger partial charge in [-0.2, -0.15) is 0 Å². The molecule has 3 saturated carbocycles. The lowest BCUT2D eigenvalue weighted by atomic mass is 9.37. The Kier molecular flexibility index (Phi) is 12.5. The lowest BCUT2D eigenvalue weighted by Gasteiger charge is -2.68. The number of hydrogen-bond donors (Lipinski definition) is 0. The van der Waals surface area contributed by atoms with E-state index in [0.29, 0.717) is 5.57 Å². The highest BCUT2D eigenvalue weighted by atomic mass is 16.6. The fourth-order valence-corrected chi connectivity index (χ4v) is 13.0. The van der Waals surface area contributed by atoms with E-state index in [2.05, 4.69) is 0 Å². The highest BCUT2D eigenvalue weighted by Gasteiger charge is 2.90. The van der Waals surface area contributed by atoms with Crippen LogP contribution in [0.15, 0.2) is 23.3 Å². The fraction of sp³-hybridized carbons (Fsp3) is 0.733. The molecule has 2 spiro atoms. The first kappa shape index (κ1) is 47.3. The van der Waals surface area contributed by atoms with Gasteiger partial charge in [-0.1, -0.05) is 32.4 Å². The van der Waals surface area contributed by atoms with Gasteiger partial charge in [0.15, 0.2) is 0 Å².